The van der Waals surface area contributed by atoms with Crippen molar-refractivity contribution in [2.45, 2.75) is 25.8 Å². The summed E-state index contributed by atoms with van der Waals surface area (Å²) in [6, 6.07) is 5.26. The van der Waals surface area contributed by atoms with E-state index in [4.69, 9.17) is 5.73 Å². The van der Waals surface area contributed by atoms with Crippen LogP contribution in [-0.2, 0) is 6.54 Å². The fourth-order valence-electron chi connectivity index (χ4n) is 2.63. The highest BCUT2D eigenvalue weighted by Gasteiger charge is 2.12. The summed E-state index contributed by atoms with van der Waals surface area (Å²) < 4.78 is 1.45. The molecule has 0 aliphatic carbocycles. The average molecular weight is 285 g/mol. The maximum atomic E-state index is 12.2. The van der Waals surface area contributed by atoms with E-state index in [1.165, 1.54) is 23.9 Å². The summed E-state index contributed by atoms with van der Waals surface area (Å²) in [6.45, 7) is 2.42. The van der Waals surface area contributed by atoms with Gasteiger partial charge in [0.05, 0.1) is 18.4 Å². The van der Waals surface area contributed by atoms with Crippen molar-refractivity contribution in [3.63, 3.8) is 0 Å². The maximum Gasteiger partial charge on any atom is 0.269 e. The van der Waals surface area contributed by atoms with Crippen LogP contribution in [0.1, 0.15) is 24.8 Å². The van der Waals surface area contributed by atoms with E-state index in [9.17, 15) is 4.79 Å². The molecule has 2 aromatic rings. The Labute approximate surface area is 123 Å². The second-order valence-corrected chi connectivity index (χ2v) is 5.35. The summed E-state index contributed by atoms with van der Waals surface area (Å²) in [5, 5.41) is 4.28. The monoisotopic (exact) mass is 285 g/mol. The molecule has 0 saturated carbocycles. The normalized spacial score (nSPS) is 15.1. The number of anilines is 2. The van der Waals surface area contributed by atoms with E-state index in [0.717, 1.165) is 24.3 Å². The number of aromatic nitrogens is 3. The molecule has 0 atom stereocenters. The largest absolute Gasteiger partial charge is 0.384 e. The van der Waals surface area contributed by atoms with Crippen molar-refractivity contribution >= 4 is 11.5 Å². The van der Waals surface area contributed by atoms with Crippen LogP contribution in [0.25, 0.3) is 0 Å². The first-order chi connectivity index (χ1) is 10.2. The molecule has 1 fully saturated rings. The Morgan fingerprint density at radius 1 is 1.19 bits per heavy atom. The molecule has 0 unspecified atom stereocenters. The van der Waals surface area contributed by atoms with Crippen molar-refractivity contribution in [2.75, 3.05) is 23.7 Å². The standard InChI is InChI=1S/C15H19N5O/c16-14-8-12(4-5-17-14)11-20-15(21)9-13(10-18-20)19-6-2-1-3-7-19/h4-5,8-10H,1-3,6-7,11H2,(H2,16,17). The van der Waals surface area contributed by atoms with E-state index in [0.29, 0.717) is 12.4 Å². The topological polar surface area (TPSA) is 77.0 Å². The Bertz CT molecular complexity index is 676. The smallest absolute Gasteiger partial charge is 0.269 e. The minimum Gasteiger partial charge on any atom is -0.384 e. The van der Waals surface area contributed by atoms with Crippen LogP contribution in [0.5, 0.6) is 0 Å². The summed E-state index contributed by atoms with van der Waals surface area (Å²) in [4.78, 5) is 18.4. The van der Waals surface area contributed by atoms with Gasteiger partial charge in [-0.1, -0.05) is 0 Å². The summed E-state index contributed by atoms with van der Waals surface area (Å²) in [5.74, 6) is 0.450. The number of rotatable bonds is 3. The zero-order chi connectivity index (χ0) is 14.7. The highest BCUT2D eigenvalue weighted by atomic mass is 16.1. The van der Waals surface area contributed by atoms with Gasteiger partial charge in [-0.15, -0.1) is 0 Å². The van der Waals surface area contributed by atoms with Gasteiger partial charge in [0.15, 0.2) is 0 Å². The van der Waals surface area contributed by atoms with Crippen molar-refractivity contribution in [1.29, 1.82) is 0 Å². The Balaban J connectivity index is 1.79. The Kier molecular flexibility index (Phi) is 3.85. The average Bonchev–Trinajstić information content (AvgIpc) is 2.50. The fourth-order valence-corrected chi connectivity index (χ4v) is 2.63. The minimum absolute atomic E-state index is 0.0894. The van der Waals surface area contributed by atoms with E-state index in [2.05, 4.69) is 15.0 Å². The number of nitrogens with zero attached hydrogens (tertiary/aromatic N) is 4. The van der Waals surface area contributed by atoms with Gasteiger partial charge in [-0.05, 0) is 37.0 Å². The zero-order valence-electron chi connectivity index (χ0n) is 11.9. The molecule has 110 valence electrons. The molecule has 1 aliphatic heterocycles. The number of nitrogens with two attached hydrogens (primary N) is 1. The van der Waals surface area contributed by atoms with Crippen LogP contribution in [0.4, 0.5) is 11.5 Å². The third-order valence-electron chi connectivity index (χ3n) is 3.75. The first kappa shape index (κ1) is 13.6. The molecule has 2 aromatic heterocycles. The second kappa shape index (κ2) is 5.95. The predicted molar refractivity (Wildman–Crippen MR) is 82.3 cm³/mol. The SMILES string of the molecule is Nc1cc(Cn2ncc(N3CCCCC3)cc2=O)ccn1. The molecule has 3 rings (SSSR count). The molecular weight excluding hydrogens is 266 g/mol. The molecular formula is C15H19N5O. The third kappa shape index (κ3) is 3.21. The van der Waals surface area contributed by atoms with Gasteiger partial charge in [-0.25, -0.2) is 9.67 Å². The zero-order valence-corrected chi connectivity index (χ0v) is 11.9. The molecule has 3 heterocycles. The first-order valence-corrected chi connectivity index (χ1v) is 7.25. The van der Waals surface area contributed by atoms with Gasteiger partial charge in [0.1, 0.15) is 5.82 Å². The van der Waals surface area contributed by atoms with Gasteiger partial charge >= 0.3 is 0 Å². The lowest BCUT2D eigenvalue weighted by Gasteiger charge is -2.28. The highest BCUT2D eigenvalue weighted by molar-refractivity contribution is 5.43. The lowest BCUT2D eigenvalue weighted by atomic mass is 10.1. The van der Waals surface area contributed by atoms with Crippen LogP contribution < -0.4 is 16.2 Å². The van der Waals surface area contributed by atoms with Crippen molar-refractivity contribution in [3.8, 4) is 0 Å². The molecule has 0 spiro atoms. The summed E-state index contributed by atoms with van der Waals surface area (Å²) in [5.41, 5.74) is 7.40. The van der Waals surface area contributed by atoms with Crippen LogP contribution in [0.15, 0.2) is 35.4 Å². The fraction of sp³-hybridized carbons (Fsp3) is 0.400. The van der Waals surface area contributed by atoms with Crippen molar-refractivity contribution in [2.24, 2.45) is 0 Å². The summed E-state index contributed by atoms with van der Waals surface area (Å²) in [6.07, 6.45) is 7.04. The molecule has 21 heavy (non-hydrogen) atoms. The molecule has 0 radical (unpaired) electrons. The predicted octanol–water partition coefficient (Wildman–Crippen LogP) is 1.26. The number of piperidine rings is 1. The molecule has 0 amide bonds. The molecule has 6 heteroatoms. The number of hydrogen-bond donors (Lipinski definition) is 1. The minimum atomic E-state index is -0.0894. The molecule has 0 aromatic carbocycles. The van der Waals surface area contributed by atoms with Crippen LogP contribution in [0.3, 0.4) is 0 Å². The van der Waals surface area contributed by atoms with Gasteiger partial charge in [0.2, 0.25) is 0 Å². The van der Waals surface area contributed by atoms with E-state index in [1.54, 1.807) is 24.5 Å². The number of hydrogen-bond acceptors (Lipinski definition) is 5. The van der Waals surface area contributed by atoms with E-state index >= 15 is 0 Å². The highest BCUT2D eigenvalue weighted by Crippen LogP contribution is 2.16. The molecule has 6 nitrogen and oxygen atoms in total. The first-order valence-electron chi connectivity index (χ1n) is 7.25. The van der Waals surface area contributed by atoms with Crippen molar-refractivity contribution in [1.82, 2.24) is 14.8 Å². The summed E-state index contributed by atoms with van der Waals surface area (Å²) >= 11 is 0. The Hall–Kier alpha value is -2.37. The third-order valence-corrected chi connectivity index (χ3v) is 3.75. The lowest BCUT2D eigenvalue weighted by Crippen LogP contribution is -2.32. The number of pyridine rings is 1. The van der Waals surface area contributed by atoms with Gasteiger partial charge in [-0.2, -0.15) is 5.10 Å². The van der Waals surface area contributed by atoms with Crippen LogP contribution in [0.2, 0.25) is 0 Å². The molecule has 0 bridgehead atoms. The van der Waals surface area contributed by atoms with E-state index in [-0.39, 0.29) is 5.56 Å². The Morgan fingerprint density at radius 3 is 2.71 bits per heavy atom. The second-order valence-electron chi connectivity index (χ2n) is 5.35. The van der Waals surface area contributed by atoms with Crippen LogP contribution >= 0.6 is 0 Å². The van der Waals surface area contributed by atoms with Crippen molar-refractivity contribution in [3.05, 3.63) is 46.5 Å². The van der Waals surface area contributed by atoms with E-state index < -0.39 is 0 Å². The molecule has 1 aliphatic rings. The van der Waals surface area contributed by atoms with Gasteiger partial charge in [-0.3, -0.25) is 4.79 Å². The summed E-state index contributed by atoms with van der Waals surface area (Å²) in [7, 11) is 0. The van der Waals surface area contributed by atoms with E-state index in [1.807, 2.05) is 6.07 Å². The Morgan fingerprint density at radius 2 is 2.00 bits per heavy atom. The van der Waals surface area contributed by atoms with Crippen molar-refractivity contribution < 1.29 is 0 Å². The van der Waals surface area contributed by atoms with Gasteiger partial charge in [0, 0.05) is 25.4 Å². The van der Waals surface area contributed by atoms with Gasteiger partial charge < -0.3 is 10.6 Å². The van der Waals surface area contributed by atoms with Crippen LogP contribution in [-0.4, -0.2) is 27.9 Å². The van der Waals surface area contributed by atoms with Gasteiger partial charge in [0.25, 0.3) is 5.56 Å². The maximum absolute atomic E-state index is 12.2. The quantitative estimate of drug-likeness (QED) is 0.918. The van der Waals surface area contributed by atoms with Crippen LogP contribution in [0, 0.1) is 0 Å². The molecule has 2 N–H and O–H groups in total. The molecule has 1 saturated heterocycles. The lowest BCUT2D eigenvalue weighted by molar-refractivity contribution is 0.571. The number of nitrogen functional groups attached to an aromatic ring is 1.